The van der Waals surface area contributed by atoms with Crippen LogP contribution in [-0.2, 0) is 0 Å². The summed E-state index contributed by atoms with van der Waals surface area (Å²) in [5, 5.41) is 11.1. The molecule has 90 valence electrons. The second-order valence-corrected chi connectivity index (χ2v) is 6.75. The third-order valence-electron chi connectivity index (χ3n) is 2.52. The minimum Gasteiger partial charge on any atom is -0.147 e. The highest BCUT2D eigenvalue weighted by molar-refractivity contribution is 9.11. The molecule has 0 saturated carbocycles. The van der Waals surface area contributed by atoms with Gasteiger partial charge in [0, 0.05) is 10.8 Å². The predicted octanol–water partition coefficient (Wildman–Crippen LogP) is 5.43. The van der Waals surface area contributed by atoms with Crippen LogP contribution in [0.5, 0.6) is 0 Å². The smallest absolute Gasteiger partial charge is 0.147 e. The van der Waals surface area contributed by atoms with E-state index in [2.05, 4.69) is 26.1 Å². The molecule has 0 bridgehead atoms. The maximum atomic E-state index is 6.05. The molecule has 0 spiro atoms. The van der Waals surface area contributed by atoms with Gasteiger partial charge in [0.05, 0.1) is 13.7 Å². The first-order valence-corrected chi connectivity index (χ1v) is 7.39. The number of halogens is 3. The molecule has 3 aromatic rings. The second kappa shape index (κ2) is 4.78. The number of hydrogen-bond acceptors (Lipinski definition) is 3. The van der Waals surface area contributed by atoms with Crippen molar-refractivity contribution < 1.29 is 0 Å². The van der Waals surface area contributed by atoms with Gasteiger partial charge in [-0.25, -0.2) is 0 Å². The molecule has 0 aliphatic heterocycles. The Morgan fingerprint density at radius 1 is 1.06 bits per heavy atom. The number of hydrogen-bond donors (Lipinski definition) is 0. The quantitative estimate of drug-likeness (QED) is 0.579. The topological polar surface area (TPSA) is 25.8 Å². The highest BCUT2D eigenvalue weighted by Gasteiger charge is 2.13. The Morgan fingerprint density at radius 3 is 2.44 bits per heavy atom. The van der Waals surface area contributed by atoms with E-state index in [-0.39, 0.29) is 0 Å². The molecule has 0 atom stereocenters. The largest absolute Gasteiger partial charge is 0.159 e. The van der Waals surface area contributed by atoms with E-state index in [1.165, 1.54) is 11.3 Å². The average molecular weight is 360 g/mol. The maximum Gasteiger partial charge on any atom is 0.159 e. The van der Waals surface area contributed by atoms with Crippen molar-refractivity contribution >= 4 is 61.2 Å². The summed E-state index contributed by atoms with van der Waals surface area (Å²) in [6, 6.07) is 9.67. The van der Waals surface area contributed by atoms with Crippen LogP contribution in [0.15, 0.2) is 34.1 Å². The van der Waals surface area contributed by atoms with Gasteiger partial charge in [0.2, 0.25) is 0 Å². The average Bonchev–Trinajstić information content (AvgIpc) is 2.70. The normalized spacial score (nSPS) is 11.1. The summed E-state index contributed by atoms with van der Waals surface area (Å²) in [6.45, 7) is 0. The van der Waals surface area contributed by atoms with Crippen LogP contribution >= 0.6 is 50.5 Å². The van der Waals surface area contributed by atoms with Crippen LogP contribution in [0.2, 0.25) is 10.2 Å². The maximum absolute atomic E-state index is 6.05. The minimum absolute atomic E-state index is 0.413. The fraction of sp³-hybridized carbons (Fsp3) is 0. The molecule has 3 rings (SSSR count). The molecule has 0 N–H and O–H groups in total. The van der Waals surface area contributed by atoms with Gasteiger partial charge in [0.1, 0.15) is 5.69 Å². The summed E-state index contributed by atoms with van der Waals surface area (Å²) >= 11 is 17.0. The molecule has 6 heteroatoms. The number of thiophene rings is 1. The van der Waals surface area contributed by atoms with Gasteiger partial charge in [0.15, 0.2) is 5.15 Å². The van der Waals surface area contributed by atoms with E-state index >= 15 is 0 Å². The molecule has 0 aliphatic carbocycles. The van der Waals surface area contributed by atoms with E-state index in [1.807, 2.05) is 30.3 Å². The first kappa shape index (κ1) is 12.4. The van der Waals surface area contributed by atoms with Gasteiger partial charge < -0.3 is 0 Å². The van der Waals surface area contributed by atoms with Crippen molar-refractivity contribution in [1.82, 2.24) is 10.2 Å². The molecular weight excluding hydrogens is 355 g/mol. The SMILES string of the molecule is Clc1cc(-c2nnc(Cl)c3ccccc23)sc1Br. The molecule has 0 fully saturated rings. The number of nitrogens with zero attached hydrogens (tertiary/aromatic N) is 2. The van der Waals surface area contributed by atoms with Crippen LogP contribution in [-0.4, -0.2) is 10.2 Å². The molecule has 2 nitrogen and oxygen atoms in total. The third kappa shape index (κ3) is 2.03. The lowest BCUT2D eigenvalue weighted by Gasteiger charge is -2.03. The first-order chi connectivity index (χ1) is 8.66. The minimum atomic E-state index is 0.413. The van der Waals surface area contributed by atoms with Crippen LogP contribution in [0.3, 0.4) is 0 Å². The van der Waals surface area contributed by atoms with Crippen LogP contribution in [0.1, 0.15) is 0 Å². The zero-order chi connectivity index (χ0) is 12.7. The fourth-order valence-electron chi connectivity index (χ4n) is 1.72. The summed E-state index contributed by atoms with van der Waals surface area (Å²) in [5.74, 6) is 0. The van der Waals surface area contributed by atoms with E-state index in [0.717, 1.165) is 25.1 Å². The fourth-order valence-corrected chi connectivity index (χ4v) is 3.62. The predicted molar refractivity (Wildman–Crippen MR) is 80.6 cm³/mol. The molecule has 2 aromatic heterocycles. The monoisotopic (exact) mass is 358 g/mol. The Kier molecular flexibility index (Phi) is 3.28. The van der Waals surface area contributed by atoms with Crippen LogP contribution < -0.4 is 0 Å². The zero-order valence-corrected chi connectivity index (χ0v) is 12.7. The summed E-state index contributed by atoms with van der Waals surface area (Å²) in [5.41, 5.74) is 0.799. The third-order valence-corrected chi connectivity index (χ3v) is 5.28. The van der Waals surface area contributed by atoms with Crippen molar-refractivity contribution in [3.05, 3.63) is 44.3 Å². The van der Waals surface area contributed by atoms with Gasteiger partial charge in [-0.1, -0.05) is 47.5 Å². The highest BCUT2D eigenvalue weighted by Crippen LogP contribution is 2.39. The lowest BCUT2D eigenvalue weighted by Crippen LogP contribution is -1.89. The Labute approximate surface area is 126 Å². The van der Waals surface area contributed by atoms with Crippen molar-refractivity contribution in [1.29, 1.82) is 0 Å². The Morgan fingerprint density at radius 2 is 1.78 bits per heavy atom. The van der Waals surface area contributed by atoms with Crippen LogP contribution in [0, 0.1) is 0 Å². The standard InChI is InChI=1S/C12H5BrCl2N2S/c13-11-8(14)5-9(18-11)10-6-3-1-2-4-7(6)12(15)17-16-10/h1-5H. The van der Waals surface area contributed by atoms with Crippen molar-refractivity contribution in [2.75, 3.05) is 0 Å². The number of aromatic nitrogens is 2. The van der Waals surface area contributed by atoms with E-state index in [1.54, 1.807) is 0 Å². The zero-order valence-electron chi connectivity index (χ0n) is 8.82. The van der Waals surface area contributed by atoms with Gasteiger partial charge in [-0.2, -0.15) is 0 Å². The van der Waals surface area contributed by atoms with E-state index in [0.29, 0.717) is 10.2 Å². The van der Waals surface area contributed by atoms with E-state index in [4.69, 9.17) is 23.2 Å². The Balaban J connectivity index is 2.33. The van der Waals surface area contributed by atoms with Crippen LogP contribution in [0.4, 0.5) is 0 Å². The molecule has 0 radical (unpaired) electrons. The van der Waals surface area contributed by atoms with Crippen molar-refractivity contribution in [3.8, 4) is 10.6 Å². The number of fused-ring (bicyclic) bond motifs is 1. The molecular formula is C12H5BrCl2N2S. The van der Waals surface area contributed by atoms with Crippen molar-refractivity contribution in [2.45, 2.75) is 0 Å². The van der Waals surface area contributed by atoms with Crippen molar-refractivity contribution in [3.63, 3.8) is 0 Å². The Bertz CT molecular complexity index is 723. The van der Waals surface area contributed by atoms with Gasteiger partial charge in [-0.15, -0.1) is 21.5 Å². The second-order valence-electron chi connectivity index (χ2n) is 3.62. The first-order valence-electron chi connectivity index (χ1n) is 5.03. The van der Waals surface area contributed by atoms with Crippen molar-refractivity contribution in [2.24, 2.45) is 0 Å². The summed E-state index contributed by atoms with van der Waals surface area (Å²) in [6.07, 6.45) is 0. The van der Waals surface area contributed by atoms with Gasteiger partial charge in [-0.3, -0.25) is 0 Å². The molecule has 0 unspecified atom stereocenters. The molecule has 1 aromatic carbocycles. The van der Waals surface area contributed by atoms with E-state index in [9.17, 15) is 0 Å². The van der Waals surface area contributed by atoms with E-state index < -0.39 is 0 Å². The molecule has 18 heavy (non-hydrogen) atoms. The van der Waals surface area contributed by atoms with Gasteiger partial charge >= 0.3 is 0 Å². The summed E-state index contributed by atoms with van der Waals surface area (Å²) in [4.78, 5) is 0.965. The molecule has 2 heterocycles. The van der Waals surface area contributed by atoms with Gasteiger partial charge in [-0.05, 0) is 22.0 Å². The molecule has 0 aliphatic rings. The van der Waals surface area contributed by atoms with Gasteiger partial charge in [0.25, 0.3) is 0 Å². The lowest BCUT2D eigenvalue weighted by atomic mass is 10.1. The summed E-state index contributed by atoms with van der Waals surface area (Å²) < 4.78 is 0.889. The number of benzene rings is 1. The summed E-state index contributed by atoms with van der Waals surface area (Å²) in [7, 11) is 0. The highest BCUT2D eigenvalue weighted by atomic mass is 79.9. The Hall–Kier alpha value is -0.680. The van der Waals surface area contributed by atoms with Crippen LogP contribution in [0.25, 0.3) is 21.3 Å². The number of rotatable bonds is 1. The molecule has 0 amide bonds. The lowest BCUT2D eigenvalue weighted by molar-refractivity contribution is 1.06. The molecule has 0 saturated heterocycles.